The Hall–Kier alpha value is -2.04. The summed E-state index contributed by atoms with van der Waals surface area (Å²) in [6.45, 7) is 5.89. The molecule has 5 heteroatoms. The van der Waals surface area contributed by atoms with E-state index in [2.05, 4.69) is 0 Å². The second-order valence-electron chi connectivity index (χ2n) is 4.98. The Morgan fingerprint density at radius 2 is 1.95 bits per heavy atom. The summed E-state index contributed by atoms with van der Waals surface area (Å²) >= 11 is 0. The average molecular weight is 262 g/mol. The number of likely N-dealkylation sites (N-methyl/N-ethyl adjacent to an activating group) is 1. The Bertz CT molecular complexity index is 525. The van der Waals surface area contributed by atoms with Gasteiger partial charge in [0.05, 0.1) is 11.8 Å². The van der Waals surface area contributed by atoms with Crippen molar-refractivity contribution in [2.24, 2.45) is 0 Å². The number of hydrogen-bond donors (Lipinski definition) is 0. The van der Waals surface area contributed by atoms with Crippen LogP contribution in [0, 0.1) is 6.92 Å². The molecule has 0 unspecified atom stereocenters. The smallest absolute Gasteiger partial charge is 0.331 e. The summed E-state index contributed by atoms with van der Waals surface area (Å²) in [5.74, 6) is 0.539. The number of anilines is 1. The maximum atomic E-state index is 11.9. The zero-order chi connectivity index (χ0) is 14.2. The molecule has 0 spiro atoms. The summed E-state index contributed by atoms with van der Waals surface area (Å²) < 4.78 is 5.59. The summed E-state index contributed by atoms with van der Waals surface area (Å²) in [7, 11) is 1.62. The van der Waals surface area contributed by atoms with E-state index in [4.69, 9.17) is 4.74 Å². The molecule has 1 aliphatic heterocycles. The van der Waals surface area contributed by atoms with Gasteiger partial charge in [-0.3, -0.25) is 4.79 Å². The Balaban J connectivity index is 2.31. The average Bonchev–Trinajstić information content (AvgIpc) is 2.54. The van der Waals surface area contributed by atoms with Crippen molar-refractivity contribution in [3.8, 4) is 5.75 Å². The minimum absolute atomic E-state index is 0.0893. The molecule has 0 radical (unpaired) electrons. The third kappa shape index (κ3) is 2.54. The molecule has 3 amide bonds. The van der Waals surface area contributed by atoms with Crippen molar-refractivity contribution in [2.45, 2.75) is 26.9 Å². The minimum atomic E-state index is -0.286. The van der Waals surface area contributed by atoms with Gasteiger partial charge in [0.1, 0.15) is 12.3 Å². The summed E-state index contributed by atoms with van der Waals surface area (Å²) in [5.41, 5.74) is 1.46. The predicted molar refractivity (Wildman–Crippen MR) is 72.5 cm³/mol. The Labute approximate surface area is 112 Å². The number of amides is 3. The van der Waals surface area contributed by atoms with Gasteiger partial charge in [-0.25, -0.2) is 9.69 Å². The van der Waals surface area contributed by atoms with Gasteiger partial charge in [-0.05, 0) is 44.5 Å². The molecule has 102 valence electrons. The standard InChI is InChI=1S/C14H18N2O3/c1-9(2)19-11-5-6-12(10(3)7-11)16-13(17)8-15(4)14(16)18/h5-7,9H,8H2,1-4H3. The molecule has 0 N–H and O–H groups in total. The molecule has 1 fully saturated rings. The first-order valence-electron chi connectivity index (χ1n) is 6.25. The van der Waals surface area contributed by atoms with Gasteiger partial charge in [0.15, 0.2) is 0 Å². The van der Waals surface area contributed by atoms with Gasteiger partial charge in [-0.15, -0.1) is 0 Å². The lowest BCUT2D eigenvalue weighted by Gasteiger charge is -2.18. The lowest BCUT2D eigenvalue weighted by Crippen LogP contribution is -2.31. The van der Waals surface area contributed by atoms with Crippen molar-refractivity contribution < 1.29 is 14.3 Å². The van der Waals surface area contributed by atoms with Crippen molar-refractivity contribution in [1.29, 1.82) is 0 Å². The minimum Gasteiger partial charge on any atom is -0.491 e. The molecular weight excluding hydrogens is 244 g/mol. The molecule has 2 rings (SSSR count). The van der Waals surface area contributed by atoms with Gasteiger partial charge < -0.3 is 9.64 Å². The third-order valence-corrected chi connectivity index (χ3v) is 2.92. The largest absolute Gasteiger partial charge is 0.491 e. The molecule has 0 bridgehead atoms. The molecule has 0 aromatic heterocycles. The van der Waals surface area contributed by atoms with E-state index in [-0.39, 0.29) is 24.6 Å². The van der Waals surface area contributed by atoms with E-state index in [1.54, 1.807) is 19.2 Å². The molecule has 1 heterocycles. The van der Waals surface area contributed by atoms with Crippen LogP contribution in [0.1, 0.15) is 19.4 Å². The van der Waals surface area contributed by atoms with E-state index in [0.29, 0.717) is 5.69 Å². The molecule has 5 nitrogen and oxygen atoms in total. The molecule has 1 saturated heterocycles. The topological polar surface area (TPSA) is 49.9 Å². The maximum absolute atomic E-state index is 11.9. The zero-order valence-electron chi connectivity index (χ0n) is 11.6. The Morgan fingerprint density at radius 1 is 1.26 bits per heavy atom. The highest BCUT2D eigenvalue weighted by atomic mass is 16.5. The predicted octanol–water partition coefficient (Wildman–Crippen LogP) is 2.18. The summed E-state index contributed by atoms with van der Waals surface area (Å²) in [4.78, 5) is 26.4. The van der Waals surface area contributed by atoms with Crippen LogP contribution in [0.25, 0.3) is 0 Å². The summed E-state index contributed by atoms with van der Waals surface area (Å²) in [6, 6.07) is 5.09. The molecule has 1 aromatic carbocycles. The summed E-state index contributed by atoms with van der Waals surface area (Å²) in [6.07, 6.45) is 0.0893. The lowest BCUT2D eigenvalue weighted by atomic mass is 10.1. The van der Waals surface area contributed by atoms with E-state index in [9.17, 15) is 9.59 Å². The van der Waals surface area contributed by atoms with Crippen LogP contribution in [0.3, 0.4) is 0 Å². The van der Waals surface area contributed by atoms with Crippen LogP contribution < -0.4 is 9.64 Å². The van der Waals surface area contributed by atoms with Crippen LogP contribution in [0.15, 0.2) is 18.2 Å². The number of aryl methyl sites for hydroxylation is 1. The van der Waals surface area contributed by atoms with Gasteiger partial charge in [-0.1, -0.05) is 0 Å². The van der Waals surface area contributed by atoms with Crippen LogP contribution >= 0.6 is 0 Å². The van der Waals surface area contributed by atoms with Crippen LogP contribution in [0.5, 0.6) is 5.75 Å². The van der Waals surface area contributed by atoms with Crippen molar-refractivity contribution in [3.05, 3.63) is 23.8 Å². The zero-order valence-corrected chi connectivity index (χ0v) is 11.6. The van der Waals surface area contributed by atoms with Gasteiger partial charge in [0.25, 0.3) is 5.91 Å². The van der Waals surface area contributed by atoms with Gasteiger partial charge >= 0.3 is 6.03 Å². The first-order valence-corrected chi connectivity index (χ1v) is 6.25. The van der Waals surface area contributed by atoms with E-state index >= 15 is 0 Å². The van der Waals surface area contributed by atoms with Gasteiger partial charge in [-0.2, -0.15) is 0 Å². The molecular formula is C14H18N2O3. The fourth-order valence-corrected chi connectivity index (χ4v) is 2.08. The number of imide groups is 1. The normalized spacial score (nSPS) is 15.6. The van der Waals surface area contributed by atoms with Crippen LogP contribution in [0.4, 0.5) is 10.5 Å². The van der Waals surface area contributed by atoms with E-state index < -0.39 is 0 Å². The number of benzene rings is 1. The lowest BCUT2D eigenvalue weighted by molar-refractivity contribution is -0.116. The second kappa shape index (κ2) is 4.91. The molecule has 1 aliphatic rings. The Morgan fingerprint density at radius 3 is 2.42 bits per heavy atom. The highest BCUT2D eigenvalue weighted by Gasteiger charge is 2.35. The van der Waals surface area contributed by atoms with Crippen molar-refractivity contribution in [1.82, 2.24) is 4.90 Å². The highest BCUT2D eigenvalue weighted by Crippen LogP contribution is 2.28. The van der Waals surface area contributed by atoms with Crippen molar-refractivity contribution in [3.63, 3.8) is 0 Å². The SMILES string of the molecule is Cc1cc(OC(C)C)ccc1N1C(=O)CN(C)C1=O. The quantitative estimate of drug-likeness (QED) is 0.784. The van der Waals surface area contributed by atoms with E-state index in [1.807, 2.05) is 26.8 Å². The molecule has 1 aromatic rings. The number of urea groups is 1. The molecule has 0 aliphatic carbocycles. The second-order valence-corrected chi connectivity index (χ2v) is 4.98. The number of carbonyl (C=O) groups is 2. The Kier molecular flexibility index (Phi) is 3.46. The van der Waals surface area contributed by atoms with Crippen LogP contribution in [0.2, 0.25) is 0 Å². The molecule has 19 heavy (non-hydrogen) atoms. The third-order valence-electron chi connectivity index (χ3n) is 2.92. The number of nitrogens with zero attached hydrogens (tertiary/aromatic N) is 2. The van der Waals surface area contributed by atoms with Crippen LogP contribution in [-0.2, 0) is 4.79 Å². The molecule has 0 saturated carbocycles. The fraction of sp³-hybridized carbons (Fsp3) is 0.429. The number of hydrogen-bond acceptors (Lipinski definition) is 3. The van der Waals surface area contributed by atoms with Gasteiger partial charge in [0, 0.05) is 7.05 Å². The van der Waals surface area contributed by atoms with Gasteiger partial charge in [0.2, 0.25) is 0 Å². The number of carbonyl (C=O) groups excluding carboxylic acids is 2. The highest BCUT2D eigenvalue weighted by molar-refractivity contribution is 6.20. The first-order chi connectivity index (χ1) is 8.90. The van der Waals surface area contributed by atoms with Crippen molar-refractivity contribution >= 4 is 17.6 Å². The monoisotopic (exact) mass is 262 g/mol. The number of ether oxygens (including phenoxy) is 1. The molecule has 0 atom stereocenters. The summed E-state index contributed by atoms with van der Waals surface area (Å²) in [5, 5.41) is 0. The number of rotatable bonds is 3. The fourth-order valence-electron chi connectivity index (χ4n) is 2.08. The van der Waals surface area contributed by atoms with E-state index in [1.165, 1.54) is 9.80 Å². The van der Waals surface area contributed by atoms with Crippen molar-refractivity contribution in [2.75, 3.05) is 18.5 Å². The first kappa shape index (κ1) is 13.4. The van der Waals surface area contributed by atoms with Crippen LogP contribution in [-0.4, -0.2) is 36.5 Å². The maximum Gasteiger partial charge on any atom is 0.331 e. The van der Waals surface area contributed by atoms with E-state index in [0.717, 1.165) is 11.3 Å².